The van der Waals surface area contributed by atoms with E-state index in [1.165, 1.54) is 16.2 Å². The lowest BCUT2D eigenvalue weighted by Crippen LogP contribution is -2.52. The molecule has 2 atom stereocenters. The van der Waals surface area contributed by atoms with Crippen LogP contribution in [0.2, 0.25) is 0 Å². The van der Waals surface area contributed by atoms with Gasteiger partial charge in [-0.2, -0.15) is 0 Å². The number of carbonyl (C=O) groups is 2. The van der Waals surface area contributed by atoms with E-state index < -0.39 is 12.0 Å². The van der Waals surface area contributed by atoms with E-state index in [9.17, 15) is 14.7 Å². The zero-order valence-electron chi connectivity index (χ0n) is 10.7. The first-order valence-corrected chi connectivity index (χ1v) is 7.09. The molecule has 1 aromatic heterocycles. The molecular formula is C12H17N3O3S. The van der Waals surface area contributed by atoms with E-state index in [-0.39, 0.29) is 18.2 Å². The van der Waals surface area contributed by atoms with Gasteiger partial charge in [0.05, 0.1) is 12.1 Å². The number of carboxylic acids is 1. The minimum atomic E-state index is -0.932. The number of carbonyl (C=O) groups excluding carboxylic acids is 1. The van der Waals surface area contributed by atoms with Crippen molar-refractivity contribution in [3.63, 3.8) is 0 Å². The fourth-order valence-corrected chi connectivity index (χ4v) is 3.07. The van der Waals surface area contributed by atoms with E-state index in [4.69, 9.17) is 5.73 Å². The number of anilines is 1. The third-order valence-corrected chi connectivity index (χ3v) is 4.13. The normalized spacial score (nSPS) is 23.3. The summed E-state index contributed by atoms with van der Waals surface area (Å²) in [6.07, 6.45) is 1.80. The number of aliphatic carboxylic acids is 1. The summed E-state index contributed by atoms with van der Waals surface area (Å²) in [5, 5.41) is 11.4. The van der Waals surface area contributed by atoms with Gasteiger partial charge in [0.2, 0.25) is 5.91 Å². The maximum absolute atomic E-state index is 12.2. The van der Waals surface area contributed by atoms with Gasteiger partial charge in [-0.05, 0) is 18.8 Å². The minimum absolute atomic E-state index is 0.0179. The Morgan fingerprint density at radius 1 is 1.63 bits per heavy atom. The van der Waals surface area contributed by atoms with Crippen LogP contribution >= 0.6 is 11.3 Å². The van der Waals surface area contributed by atoms with E-state index >= 15 is 0 Å². The number of likely N-dealkylation sites (tertiary alicyclic amines) is 1. The molecule has 0 spiro atoms. The lowest BCUT2D eigenvalue weighted by atomic mass is 9.90. The van der Waals surface area contributed by atoms with Crippen LogP contribution in [0.15, 0.2) is 5.38 Å². The molecule has 3 N–H and O–H groups in total. The van der Waals surface area contributed by atoms with Gasteiger partial charge in [0.25, 0.3) is 0 Å². The molecule has 1 saturated heterocycles. The second-order valence-electron chi connectivity index (χ2n) is 4.84. The van der Waals surface area contributed by atoms with Gasteiger partial charge in [-0.1, -0.05) is 6.92 Å². The number of aromatic nitrogens is 1. The molecule has 0 aliphatic carbocycles. The highest BCUT2D eigenvalue weighted by atomic mass is 32.1. The van der Waals surface area contributed by atoms with Gasteiger partial charge < -0.3 is 15.7 Å². The first-order chi connectivity index (χ1) is 8.99. The van der Waals surface area contributed by atoms with Crippen molar-refractivity contribution in [2.75, 3.05) is 12.3 Å². The molecule has 6 nitrogen and oxygen atoms in total. The van der Waals surface area contributed by atoms with Crippen LogP contribution in [-0.4, -0.2) is 39.5 Å². The molecule has 19 heavy (non-hydrogen) atoms. The van der Waals surface area contributed by atoms with Crippen LogP contribution in [0.1, 0.15) is 25.5 Å². The fraction of sp³-hybridized carbons (Fsp3) is 0.583. The molecule has 1 aliphatic heterocycles. The van der Waals surface area contributed by atoms with Crippen LogP contribution < -0.4 is 5.73 Å². The predicted octanol–water partition coefficient (Wildman–Crippen LogP) is 0.979. The molecular weight excluding hydrogens is 266 g/mol. The summed E-state index contributed by atoms with van der Waals surface area (Å²) >= 11 is 1.28. The zero-order chi connectivity index (χ0) is 14.0. The van der Waals surface area contributed by atoms with Gasteiger partial charge in [-0.25, -0.2) is 9.78 Å². The summed E-state index contributed by atoms with van der Waals surface area (Å²) < 4.78 is 0. The van der Waals surface area contributed by atoms with Crippen LogP contribution in [-0.2, 0) is 16.0 Å². The fourth-order valence-electron chi connectivity index (χ4n) is 2.50. The van der Waals surface area contributed by atoms with Crippen LogP contribution in [0.5, 0.6) is 0 Å². The summed E-state index contributed by atoms with van der Waals surface area (Å²) in [4.78, 5) is 29.0. The van der Waals surface area contributed by atoms with Crippen molar-refractivity contribution >= 4 is 28.3 Å². The Hall–Kier alpha value is -1.63. The van der Waals surface area contributed by atoms with E-state index in [0.717, 1.165) is 12.8 Å². The molecule has 1 aliphatic rings. The van der Waals surface area contributed by atoms with E-state index in [0.29, 0.717) is 17.4 Å². The molecule has 0 saturated carbocycles. The van der Waals surface area contributed by atoms with Crippen molar-refractivity contribution < 1.29 is 14.7 Å². The molecule has 1 amide bonds. The van der Waals surface area contributed by atoms with Crippen molar-refractivity contribution in [3.8, 4) is 0 Å². The number of thiazole rings is 1. The van der Waals surface area contributed by atoms with Gasteiger partial charge in [0.15, 0.2) is 5.13 Å². The standard InChI is InChI=1S/C12H17N3O3S/c1-7-3-2-4-15(10(7)11(17)18)9(16)5-8-6-19-12(13)14-8/h6-7,10H,2-5H2,1H3,(H2,13,14)(H,17,18). The number of amides is 1. The van der Waals surface area contributed by atoms with Gasteiger partial charge in [-0.15, -0.1) is 11.3 Å². The molecule has 104 valence electrons. The molecule has 2 heterocycles. The van der Waals surface area contributed by atoms with E-state index in [1.807, 2.05) is 6.92 Å². The van der Waals surface area contributed by atoms with Crippen LogP contribution in [0.4, 0.5) is 5.13 Å². The monoisotopic (exact) mass is 283 g/mol. The predicted molar refractivity (Wildman–Crippen MR) is 71.8 cm³/mol. The first-order valence-electron chi connectivity index (χ1n) is 6.21. The largest absolute Gasteiger partial charge is 0.480 e. The van der Waals surface area contributed by atoms with Gasteiger partial charge in [0, 0.05) is 11.9 Å². The van der Waals surface area contributed by atoms with Crippen molar-refractivity contribution in [2.24, 2.45) is 5.92 Å². The summed E-state index contributed by atoms with van der Waals surface area (Å²) in [7, 11) is 0. The number of nitrogen functional groups attached to an aromatic ring is 1. The number of rotatable bonds is 3. The van der Waals surface area contributed by atoms with Crippen LogP contribution in [0.3, 0.4) is 0 Å². The maximum Gasteiger partial charge on any atom is 0.326 e. The molecule has 2 rings (SSSR count). The highest BCUT2D eigenvalue weighted by Gasteiger charge is 2.36. The Morgan fingerprint density at radius 2 is 2.37 bits per heavy atom. The lowest BCUT2D eigenvalue weighted by Gasteiger charge is -2.37. The second-order valence-corrected chi connectivity index (χ2v) is 5.73. The smallest absolute Gasteiger partial charge is 0.326 e. The van der Waals surface area contributed by atoms with Crippen molar-refractivity contribution in [1.82, 2.24) is 9.88 Å². The number of hydrogen-bond acceptors (Lipinski definition) is 5. The van der Waals surface area contributed by atoms with E-state index in [1.54, 1.807) is 5.38 Å². The van der Waals surface area contributed by atoms with Gasteiger partial charge in [-0.3, -0.25) is 4.79 Å². The SMILES string of the molecule is CC1CCCN(C(=O)Cc2csc(N)n2)C1C(=O)O. The van der Waals surface area contributed by atoms with Crippen molar-refractivity contribution in [1.29, 1.82) is 0 Å². The molecule has 1 aromatic rings. The molecule has 2 unspecified atom stereocenters. The Bertz CT molecular complexity index is 488. The average molecular weight is 283 g/mol. The third-order valence-electron chi connectivity index (χ3n) is 3.41. The molecule has 7 heteroatoms. The first kappa shape index (κ1) is 13.8. The number of nitrogens with zero attached hydrogens (tertiary/aromatic N) is 2. The topological polar surface area (TPSA) is 96.5 Å². The third kappa shape index (κ3) is 3.04. The number of piperidine rings is 1. The zero-order valence-corrected chi connectivity index (χ0v) is 11.5. The highest BCUT2D eigenvalue weighted by Crippen LogP contribution is 2.24. The Balaban J connectivity index is 2.09. The summed E-state index contributed by atoms with van der Waals surface area (Å²) in [6, 6.07) is -0.725. The Morgan fingerprint density at radius 3 is 2.95 bits per heavy atom. The van der Waals surface area contributed by atoms with Gasteiger partial charge >= 0.3 is 5.97 Å². The summed E-state index contributed by atoms with van der Waals surface area (Å²) in [5.41, 5.74) is 6.13. The molecule has 0 bridgehead atoms. The quantitative estimate of drug-likeness (QED) is 0.862. The summed E-state index contributed by atoms with van der Waals surface area (Å²) in [6.45, 7) is 2.37. The van der Waals surface area contributed by atoms with Crippen molar-refractivity contribution in [3.05, 3.63) is 11.1 Å². The Kier molecular flexibility index (Phi) is 4.04. The Labute approximate surface area is 115 Å². The summed E-state index contributed by atoms with van der Waals surface area (Å²) in [5.74, 6) is -1.14. The minimum Gasteiger partial charge on any atom is -0.480 e. The second kappa shape index (κ2) is 5.56. The molecule has 1 fully saturated rings. The van der Waals surface area contributed by atoms with Gasteiger partial charge in [0.1, 0.15) is 6.04 Å². The number of carboxylic acid groups (broad SMARTS) is 1. The maximum atomic E-state index is 12.2. The van der Waals surface area contributed by atoms with Crippen LogP contribution in [0.25, 0.3) is 0 Å². The highest BCUT2D eigenvalue weighted by molar-refractivity contribution is 7.13. The lowest BCUT2D eigenvalue weighted by molar-refractivity contribution is -0.154. The number of nitrogens with two attached hydrogens (primary N) is 1. The average Bonchev–Trinajstić information content (AvgIpc) is 2.73. The molecule has 0 radical (unpaired) electrons. The van der Waals surface area contributed by atoms with E-state index in [2.05, 4.69) is 4.98 Å². The van der Waals surface area contributed by atoms with Crippen molar-refractivity contribution in [2.45, 2.75) is 32.2 Å². The molecule has 0 aromatic carbocycles. The number of hydrogen-bond donors (Lipinski definition) is 2. The van der Waals surface area contributed by atoms with Crippen LogP contribution in [0, 0.1) is 5.92 Å².